The summed E-state index contributed by atoms with van der Waals surface area (Å²) in [5.74, 6) is 0.199. The normalized spacial score (nSPS) is 13.5. The van der Waals surface area contributed by atoms with Crippen molar-refractivity contribution in [3.8, 4) is 0 Å². The van der Waals surface area contributed by atoms with E-state index < -0.39 is 0 Å². The molecule has 23 heavy (non-hydrogen) atoms. The Labute approximate surface area is 133 Å². The van der Waals surface area contributed by atoms with E-state index in [-0.39, 0.29) is 12.3 Å². The van der Waals surface area contributed by atoms with Gasteiger partial charge in [-0.05, 0) is 17.5 Å². The van der Waals surface area contributed by atoms with Crippen LogP contribution in [-0.4, -0.2) is 15.6 Å². The maximum absolute atomic E-state index is 11.7. The van der Waals surface area contributed by atoms with Crippen LogP contribution in [0.2, 0.25) is 0 Å². The molecule has 2 aromatic rings. The number of aromatic nitrogens is 2. The van der Waals surface area contributed by atoms with Crippen molar-refractivity contribution in [3.05, 3.63) is 63.3 Å². The number of azide groups is 1. The maximum Gasteiger partial charge on any atom is 0.140 e. The molecule has 118 valence electrons. The van der Waals surface area contributed by atoms with E-state index >= 15 is 0 Å². The Bertz CT molecular complexity index is 747. The van der Waals surface area contributed by atoms with Crippen molar-refractivity contribution in [2.45, 2.75) is 39.1 Å². The molecule has 0 saturated carbocycles. The van der Waals surface area contributed by atoms with E-state index in [9.17, 15) is 4.79 Å². The van der Waals surface area contributed by atoms with Crippen LogP contribution in [0.3, 0.4) is 0 Å². The predicted octanol–water partition coefficient (Wildman–Crippen LogP) is 2.93. The maximum atomic E-state index is 11.7. The summed E-state index contributed by atoms with van der Waals surface area (Å²) in [6.07, 6.45) is 1.55. The third-order valence-electron chi connectivity index (χ3n) is 3.87. The van der Waals surface area contributed by atoms with Gasteiger partial charge in [0.1, 0.15) is 12.5 Å². The number of carbonyl (C=O) groups is 1. The van der Waals surface area contributed by atoms with Gasteiger partial charge in [-0.1, -0.05) is 35.4 Å². The minimum Gasteiger partial charge on any atom is -0.355 e. The first-order valence-corrected chi connectivity index (χ1v) is 7.49. The van der Waals surface area contributed by atoms with E-state index in [0.29, 0.717) is 38.3 Å². The molecule has 0 atom stereocenters. The quantitative estimate of drug-likeness (QED) is 0.466. The zero-order valence-corrected chi connectivity index (χ0v) is 12.7. The van der Waals surface area contributed by atoms with Gasteiger partial charge in [-0.2, -0.15) is 5.10 Å². The average Bonchev–Trinajstić information content (AvgIpc) is 2.91. The summed E-state index contributed by atoms with van der Waals surface area (Å²) in [5, 5.41) is 8.04. The first kappa shape index (κ1) is 15.3. The lowest BCUT2D eigenvalue weighted by atomic mass is 9.94. The molecule has 3 rings (SSSR count). The fourth-order valence-electron chi connectivity index (χ4n) is 2.77. The Morgan fingerprint density at radius 3 is 2.91 bits per heavy atom. The second kappa shape index (κ2) is 7.09. The lowest BCUT2D eigenvalue weighted by molar-refractivity contribution is -0.118. The van der Waals surface area contributed by atoms with Gasteiger partial charge >= 0.3 is 0 Å². The van der Waals surface area contributed by atoms with Crippen LogP contribution in [0.15, 0.2) is 35.4 Å². The summed E-state index contributed by atoms with van der Waals surface area (Å²) < 4.78 is 7.51. The topological polar surface area (TPSA) is 92.9 Å². The molecule has 1 heterocycles. The molecule has 7 heteroatoms. The van der Waals surface area contributed by atoms with E-state index in [1.165, 1.54) is 0 Å². The lowest BCUT2D eigenvalue weighted by Gasteiger charge is -2.13. The smallest absolute Gasteiger partial charge is 0.140 e. The van der Waals surface area contributed by atoms with Gasteiger partial charge in [-0.15, -0.1) is 0 Å². The molecule has 1 aromatic heterocycles. The van der Waals surface area contributed by atoms with Gasteiger partial charge in [0.25, 0.3) is 0 Å². The van der Waals surface area contributed by atoms with Crippen molar-refractivity contribution in [1.82, 2.24) is 9.78 Å². The van der Waals surface area contributed by atoms with Crippen molar-refractivity contribution in [2.24, 2.45) is 5.11 Å². The second-order valence-corrected chi connectivity index (χ2v) is 5.44. The molecule has 0 bridgehead atoms. The van der Waals surface area contributed by atoms with Crippen molar-refractivity contribution < 1.29 is 9.53 Å². The van der Waals surface area contributed by atoms with Crippen molar-refractivity contribution in [3.63, 3.8) is 0 Å². The number of rotatable bonds is 6. The first-order valence-electron chi connectivity index (χ1n) is 7.49. The number of hydrogen-bond acceptors (Lipinski definition) is 4. The van der Waals surface area contributed by atoms with E-state index in [1.54, 1.807) is 4.68 Å². The molecule has 0 saturated heterocycles. The predicted molar refractivity (Wildman–Crippen MR) is 83.3 cm³/mol. The molecule has 0 unspecified atom stereocenters. The molecule has 0 spiro atoms. The summed E-state index contributed by atoms with van der Waals surface area (Å²) >= 11 is 0. The van der Waals surface area contributed by atoms with Crippen molar-refractivity contribution in [1.29, 1.82) is 0 Å². The number of carbonyl (C=O) groups excluding carboxylic acids is 1. The van der Waals surface area contributed by atoms with E-state index in [4.69, 9.17) is 10.3 Å². The molecule has 0 radical (unpaired) electrons. The summed E-state index contributed by atoms with van der Waals surface area (Å²) in [6, 6.07) is 9.91. The highest BCUT2D eigenvalue weighted by atomic mass is 16.5. The highest BCUT2D eigenvalue weighted by molar-refractivity contribution is 5.83. The first-order chi connectivity index (χ1) is 11.3. The molecule has 7 nitrogen and oxygen atoms in total. The second-order valence-electron chi connectivity index (χ2n) is 5.44. The highest BCUT2D eigenvalue weighted by Crippen LogP contribution is 2.23. The molecular weight excluding hydrogens is 294 g/mol. The fourth-order valence-corrected chi connectivity index (χ4v) is 2.77. The van der Waals surface area contributed by atoms with Gasteiger partial charge in [-0.3, -0.25) is 4.79 Å². The Morgan fingerprint density at radius 2 is 2.13 bits per heavy atom. The van der Waals surface area contributed by atoms with Crippen molar-refractivity contribution in [2.75, 3.05) is 0 Å². The number of benzene rings is 1. The van der Waals surface area contributed by atoms with Gasteiger partial charge < -0.3 is 4.74 Å². The van der Waals surface area contributed by atoms with E-state index in [1.807, 2.05) is 30.3 Å². The Morgan fingerprint density at radius 1 is 1.30 bits per heavy atom. The largest absolute Gasteiger partial charge is 0.355 e. The standard InChI is InChI=1S/C16H17N5O2/c17-20-18-9-15-14-8-13(22)6-7-16(14)21(19-15)11-23-10-12-4-2-1-3-5-12/h1-5H,6-11H2. The van der Waals surface area contributed by atoms with Crippen LogP contribution in [0, 0.1) is 0 Å². The lowest BCUT2D eigenvalue weighted by Crippen LogP contribution is -2.17. The van der Waals surface area contributed by atoms with Crippen LogP contribution in [-0.2, 0) is 42.3 Å². The summed E-state index contributed by atoms with van der Waals surface area (Å²) in [7, 11) is 0. The number of ketones is 1. The minimum absolute atomic E-state index is 0.164. The van der Waals surface area contributed by atoms with Crippen LogP contribution < -0.4 is 0 Å². The van der Waals surface area contributed by atoms with Gasteiger partial charge in [0.05, 0.1) is 18.8 Å². The number of nitrogens with zero attached hydrogens (tertiary/aromatic N) is 5. The number of Topliss-reactive ketones (excluding diaryl/α,β-unsaturated/α-hetero) is 1. The number of fused-ring (bicyclic) bond motifs is 1. The van der Waals surface area contributed by atoms with Gasteiger partial charge in [0.2, 0.25) is 0 Å². The Balaban J connectivity index is 1.73. The minimum atomic E-state index is 0.164. The fraction of sp³-hybridized carbons (Fsp3) is 0.375. The van der Waals surface area contributed by atoms with Gasteiger partial charge in [0, 0.05) is 29.0 Å². The Hall–Kier alpha value is -2.63. The van der Waals surface area contributed by atoms with Crippen LogP contribution in [0.1, 0.15) is 28.9 Å². The molecular formula is C16H17N5O2. The third-order valence-corrected chi connectivity index (χ3v) is 3.87. The van der Waals surface area contributed by atoms with Gasteiger partial charge in [0.15, 0.2) is 0 Å². The van der Waals surface area contributed by atoms with Crippen LogP contribution in [0.25, 0.3) is 10.4 Å². The Kier molecular flexibility index (Phi) is 4.71. The summed E-state index contributed by atoms with van der Waals surface area (Å²) in [6.45, 7) is 0.986. The van der Waals surface area contributed by atoms with Gasteiger partial charge in [-0.25, -0.2) is 4.68 Å². The number of ether oxygens (including phenoxy) is 1. The molecule has 1 aromatic carbocycles. The van der Waals surface area contributed by atoms with E-state index in [2.05, 4.69) is 15.1 Å². The average molecular weight is 311 g/mol. The molecule has 1 aliphatic rings. The van der Waals surface area contributed by atoms with Crippen LogP contribution >= 0.6 is 0 Å². The molecule has 0 fully saturated rings. The number of hydrogen-bond donors (Lipinski definition) is 0. The SMILES string of the molecule is [N-]=[N+]=NCc1nn(COCc2ccccc2)c2c1CC(=O)CC2. The molecule has 0 N–H and O–H groups in total. The zero-order valence-electron chi connectivity index (χ0n) is 12.7. The van der Waals surface area contributed by atoms with Crippen LogP contribution in [0.5, 0.6) is 0 Å². The van der Waals surface area contributed by atoms with E-state index in [0.717, 1.165) is 16.8 Å². The highest BCUT2D eigenvalue weighted by Gasteiger charge is 2.24. The zero-order chi connectivity index (χ0) is 16.1. The molecule has 0 amide bonds. The monoisotopic (exact) mass is 311 g/mol. The summed E-state index contributed by atoms with van der Waals surface area (Å²) in [5.41, 5.74) is 12.2. The van der Waals surface area contributed by atoms with Crippen LogP contribution in [0.4, 0.5) is 0 Å². The van der Waals surface area contributed by atoms with Crippen molar-refractivity contribution >= 4 is 5.78 Å². The molecule has 0 aliphatic heterocycles. The third kappa shape index (κ3) is 3.59. The molecule has 1 aliphatic carbocycles. The summed E-state index contributed by atoms with van der Waals surface area (Å²) in [4.78, 5) is 14.5.